The van der Waals surface area contributed by atoms with Gasteiger partial charge in [-0.25, -0.2) is 0 Å². The van der Waals surface area contributed by atoms with Gasteiger partial charge in [0, 0.05) is 13.7 Å². The van der Waals surface area contributed by atoms with Crippen molar-refractivity contribution in [3.8, 4) is 0 Å². The van der Waals surface area contributed by atoms with Crippen LogP contribution in [-0.4, -0.2) is 29.1 Å². The fourth-order valence-electron chi connectivity index (χ4n) is 2.82. The maximum Gasteiger partial charge on any atom is 0.0900 e. The van der Waals surface area contributed by atoms with E-state index in [2.05, 4.69) is 34.9 Å². The maximum absolute atomic E-state index is 6.11. The van der Waals surface area contributed by atoms with Crippen molar-refractivity contribution in [2.45, 2.75) is 71.3 Å². The van der Waals surface area contributed by atoms with Gasteiger partial charge in [-0.3, -0.25) is 4.68 Å². The van der Waals surface area contributed by atoms with E-state index in [9.17, 15) is 0 Å². The van der Waals surface area contributed by atoms with Crippen LogP contribution in [0.5, 0.6) is 0 Å². The van der Waals surface area contributed by atoms with E-state index in [0.717, 1.165) is 48.1 Å². The molecule has 1 aliphatic carbocycles. The molecule has 0 aliphatic heterocycles. The summed E-state index contributed by atoms with van der Waals surface area (Å²) in [6, 6.07) is 0. The smallest absolute Gasteiger partial charge is 0.0900 e. The van der Waals surface area contributed by atoms with Crippen molar-refractivity contribution in [3.63, 3.8) is 0 Å². The Hall–Kier alpha value is -0.390. The summed E-state index contributed by atoms with van der Waals surface area (Å²) in [6.07, 6.45) is 6.11. The van der Waals surface area contributed by atoms with E-state index in [1.807, 2.05) is 4.68 Å². The standard InChI is InChI=1S/C15H25BrN2O2/c1-4-13-15(16)14(18(5-2)17-13)10-20-12-8-6-7-11(9-12)19-3/h11-12H,4-10H2,1-3H3. The molecule has 0 N–H and O–H groups in total. The molecule has 0 amide bonds. The van der Waals surface area contributed by atoms with Gasteiger partial charge in [-0.1, -0.05) is 6.92 Å². The van der Waals surface area contributed by atoms with Crippen LogP contribution in [0.3, 0.4) is 0 Å². The van der Waals surface area contributed by atoms with Gasteiger partial charge in [-0.15, -0.1) is 0 Å². The molecule has 2 atom stereocenters. The summed E-state index contributed by atoms with van der Waals surface area (Å²) >= 11 is 3.67. The van der Waals surface area contributed by atoms with E-state index in [1.165, 1.54) is 6.42 Å². The molecule has 0 saturated heterocycles. The predicted octanol–water partition coefficient (Wildman–Crippen LogP) is 3.70. The maximum atomic E-state index is 6.11. The number of aryl methyl sites for hydroxylation is 2. The van der Waals surface area contributed by atoms with Crippen molar-refractivity contribution >= 4 is 15.9 Å². The number of rotatable bonds is 6. The van der Waals surface area contributed by atoms with Crippen LogP contribution in [0, 0.1) is 0 Å². The van der Waals surface area contributed by atoms with Crippen molar-refractivity contribution in [3.05, 3.63) is 15.9 Å². The van der Waals surface area contributed by atoms with Crippen molar-refractivity contribution in [2.24, 2.45) is 0 Å². The number of methoxy groups -OCH3 is 1. The van der Waals surface area contributed by atoms with Gasteiger partial charge < -0.3 is 9.47 Å². The summed E-state index contributed by atoms with van der Waals surface area (Å²) in [6.45, 7) is 5.75. The second-order valence-electron chi connectivity index (χ2n) is 5.33. The molecule has 20 heavy (non-hydrogen) atoms. The van der Waals surface area contributed by atoms with E-state index in [0.29, 0.717) is 18.8 Å². The van der Waals surface area contributed by atoms with Gasteiger partial charge >= 0.3 is 0 Å². The Labute approximate surface area is 130 Å². The number of hydrogen-bond acceptors (Lipinski definition) is 3. The zero-order chi connectivity index (χ0) is 14.5. The number of hydrogen-bond donors (Lipinski definition) is 0. The Morgan fingerprint density at radius 1 is 1.30 bits per heavy atom. The summed E-state index contributed by atoms with van der Waals surface area (Å²) in [7, 11) is 1.79. The Bertz CT molecular complexity index is 434. The molecular weight excluding hydrogens is 320 g/mol. The summed E-state index contributed by atoms with van der Waals surface area (Å²) in [5, 5.41) is 4.61. The lowest BCUT2D eigenvalue weighted by atomic mass is 9.95. The molecule has 4 nitrogen and oxygen atoms in total. The van der Waals surface area contributed by atoms with Gasteiger partial charge in [-0.2, -0.15) is 5.10 Å². The van der Waals surface area contributed by atoms with Crippen molar-refractivity contribution < 1.29 is 9.47 Å². The van der Waals surface area contributed by atoms with Gasteiger partial charge in [0.2, 0.25) is 0 Å². The molecule has 0 bridgehead atoms. The first-order chi connectivity index (χ1) is 9.69. The van der Waals surface area contributed by atoms with Crippen molar-refractivity contribution in [2.75, 3.05) is 7.11 Å². The highest BCUT2D eigenvalue weighted by Gasteiger charge is 2.23. The zero-order valence-electron chi connectivity index (χ0n) is 12.7. The van der Waals surface area contributed by atoms with Crippen LogP contribution < -0.4 is 0 Å². The monoisotopic (exact) mass is 344 g/mol. The molecule has 2 rings (SSSR count). The van der Waals surface area contributed by atoms with Crippen LogP contribution >= 0.6 is 15.9 Å². The third-order valence-electron chi connectivity index (χ3n) is 4.06. The molecule has 0 radical (unpaired) electrons. The van der Waals surface area contributed by atoms with E-state index in [-0.39, 0.29) is 0 Å². The lowest BCUT2D eigenvalue weighted by Gasteiger charge is -2.28. The Kier molecular flexibility index (Phi) is 6.05. The van der Waals surface area contributed by atoms with Gasteiger partial charge in [0.05, 0.1) is 34.7 Å². The van der Waals surface area contributed by atoms with Crippen LogP contribution in [0.15, 0.2) is 4.47 Å². The molecule has 1 fully saturated rings. The summed E-state index contributed by atoms with van der Waals surface area (Å²) in [5.41, 5.74) is 2.27. The molecule has 1 heterocycles. The van der Waals surface area contributed by atoms with Crippen LogP contribution in [0.4, 0.5) is 0 Å². The highest BCUT2D eigenvalue weighted by molar-refractivity contribution is 9.10. The van der Waals surface area contributed by atoms with E-state index < -0.39 is 0 Å². The first kappa shape index (κ1) is 16.0. The van der Waals surface area contributed by atoms with E-state index in [1.54, 1.807) is 7.11 Å². The molecule has 5 heteroatoms. The SMILES string of the molecule is CCc1nn(CC)c(COC2CCCC(OC)C2)c1Br. The average molecular weight is 345 g/mol. The first-order valence-electron chi connectivity index (χ1n) is 7.58. The number of aromatic nitrogens is 2. The Balaban J connectivity index is 1.98. The summed E-state index contributed by atoms with van der Waals surface area (Å²) < 4.78 is 14.7. The highest BCUT2D eigenvalue weighted by atomic mass is 79.9. The minimum Gasteiger partial charge on any atom is -0.381 e. The van der Waals surface area contributed by atoms with E-state index in [4.69, 9.17) is 9.47 Å². The van der Waals surface area contributed by atoms with Crippen molar-refractivity contribution in [1.82, 2.24) is 9.78 Å². The minimum atomic E-state index is 0.311. The lowest BCUT2D eigenvalue weighted by Crippen LogP contribution is -2.27. The molecule has 2 unspecified atom stereocenters. The Morgan fingerprint density at radius 2 is 2.05 bits per heavy atom. The third kappa shape index (κ3) is 3.62. The molecule has 1 aromatic heterocycles. The highest BCUT2D eigenvalue weighted by Crippen LogP contribution is 2.27. The molecule has 0 spiro atoms. The largest absolute Gasteiger partial charge is 0.381 e. The van der Waals surface area contributed by atoms with Crippen LogP contribution in [-0.2, 0) is 29.0 Å². The number of nitrogens with zero attached hydrogens (tertiary/aromatic N) is 2. The molecular formula is C15H25BrN2O2. The van der Waals surface area contributed by atoms with Crippen LogP contribution in [0.1, 0.15) is 50.9 Å². The zero-order valence-corrected chi connectivity index (χ0v) is 14.3. The van der Waals surface area contributed by atoms with Gasteiger partial charge in [0.1, 0.15) is 0 Å². The number of halogens is 1. The van der Waals surface area contributed by atoms with Crippen molar-refractivity contribution in [1.29, 1.82) is 0 Å². The summed E-state index contributed by atoms with van der Waals surface area (Å²) in [5.74, 6) is 0. The number of ether oxygens (including phenoxy) is 2. The average Bonchev–Trinajstić information content (AvgIpc) is 2.81. The van der Waals surface area contributed by atoms with Gasteiger partial charge in [0.15, 0.2) is 0 Å². The normalized spacial score (nSPS) is 23.2. The Morgan fingerprint density at radius 3 is 2.70 bits per heavy atom. The van der Waals surface area contributed by atoms with Crippen LogP contribution in [0.2, 0.25) is 0 Å². The molecule has 1 saturated carbocycles. The quantitative estimate of drug-likeness (QED) is 0.789. The fraction of sp³-hybridized carbons (Fsp3) is 0.800. The fourth-order valence-corrected chi connectivity index (χ4v) is 3.50. The molecule has 1 aliphatic rings. The minimum absolute atomic E-state index is 0.311. The van der Waals surface area contributed by atoms with Gasteiger partial charge in [-0.05, 0) is 55.0 Å². The van der Waals surface area contributed by atoms with Gasteiger partial charge in [0.25, 0.3) is 0 Å². The molecule has 1 aromatic rings. The second kappa shape index (κ2) is 7.57. The van der Waals surface area contributed by atoms with E-state index >= 15 is 0 Å². The topological polar surface area (TPSA) is 36.3 Å². The lowest BCUT2D eigenvalue weighted by molar-refractivity contribution is -0.0381. The second-order valence-corrected chi connectivity index (χ2v) is 6.13. The first-order valence-corrected chi connectivity index (χ1v) is 8.37. The van der Waals surface area contributed by atoms with Crippen LogP contribution in [0.25, 0.3) is 0 Å². The predicted molar refractivity (Wildman–Crippen MR) is 82.8 cm³/mol. The third-order valence-corrected chi connectivity index (χ3v) is 4.98. The summed E-state index contributed by atoms with van der Waals surface area (Å²) in [4.78, 5) is 0. The molecule has 114 valence electrons. The molecule has 0 aromatic carbocycles.